The molecule has 0 fully saturated rings. The van der Waals surface area contributed by atoms with E-state index in [9.17, 15) is 0 Å². The first-order valence-corrected chi connectivity index (χ1v) is 14.0. The van der Waals surface area contributed by atoms with Gasteiger partial charge in [0, 0.05) is 23.3 Å². The van der Waals surface area contributed by atoms with Crippen molar-refractivity contribution in [1.82, 2.24) is 15.0 Å². The van der Waals surface area contributed by atoms with Crippen LogP contribution in [0.2, 0.25) is 0 Å². The summed E-state index contributed by atoms with van der Waals surface area (Å²) in [7, 11) is 0. The van der Waals surface area contributed by atoms with Crippen LogP contribution in [0.25, 0.3) is 22.5 Å². The van der Waals surface area contributed by atoms with E-state index in [0.717, 1.165) is 65.3 Å². The summed E-state index contributed by atoms with van der Waals surface area (Å²) in [6.07, 6.45) is 5.00. The van der Waals surface area contributed by atoms with Gasteiger partial charge in [-0.05, 0) is 66.8 Å². The SMILES string of the molecule is [Ir+3].[c-]1ccccc1CC(Cc1ccccn1)(Cc1cccc(-c2[c-]cccc2)n1)Cc1cccc(-c2[c-]cccc2)n1. The third-order valence-electron chi connectivity index (χ3n) is 7.32. The van der Waals surface area contributed by atoms with Gasteiger partial charge in [0.15, 0.2) is 0 Å². The van der Waals surface area contributed by atoms with Crippen molar-refractivity contribution in [2.24, 2.45) is 5.41 Å². The van der Waals surface area contributed by atoms with Gasteiger partial charge in [-0.2, -0.15) is 35.9 Å². The van der Waals surface area contributed by atoms with Crippen LogP contribution in [0, 0.1) is 23.6 Å². The first-order valence-electron chi connectivity index (χ1n) is 14.0. The fourth-order valence-corrected chi connectivity index (χ4v) is 5.54. The summed E-state index contributed by atoms with van der Waals surface area (Å²) in [5, 5.41) is 0. The van der Waals surface area contributed by atoms with Crippen molar-refractivity contribution in [2.45, 2.75) is 25.7 Å². The molecule has 0 radical (unpaired) electrons. The number of nitrogens with zero attached hydrogens (tertiary/aromatic N) is 3. The average Bonchev–Trinajstić information content (AvgIpc) is 3.03. The van der Waals surface area contributed by atoms with Crippen LogP contribution in [0.3, 0.4) is 0 Å². The Morgan fingerprint density at radius 1 is 0.476 bits per heavy atom. The van der Waals surface area contributed by atoms with Crippen molar-refractivity contribution in [3.63, 3.8) is 0 Å². The van der Waals surface area contributed by atoms with Crippen LogP contribution < -0.4 is 0 Å². The zero-order valence-corrected chi connectivity index (χ0v) is 25.6. The van der Waals surface area contributed by atoms with Gasteiger partial charge in [0.25, 0.3) is 0 Å². The van der Waals surface area contributed by atoms with Crippen LogP contribution in [-0.4, -0.2) is 15.0 Å². The molecule has 0 aliphatic carbocycles. The molecule has 3 aromatic heterocycles. The number of hydrogen-bond donors (Lipinski definition) is 0. The average molecular weight is 721 g/mol. The molecule has 3 aromatic carbocycles. The molecular weight excluding hydrogens is 691 g/mol. The van der Waals surface area contributed by atoms with Crippen molar-refractivity contribution in [3.05, 3.63) is 174 Å². The molecule has 0 spiro atoms. The Morgan fingerprint density at radius 3 is 1.50 bits per heavy atom. The maximum atomic E-state index is 5.13. The molecule has 0 bridgehead atoms. The fraction of sp³-hybridized carbons (Fsp3) is 0.132. The molecular formula is C38H30IrN3. The summed E-state index contributed by atoms with van der Waals surface area (Å²) in [6.45, 7) is 0. The van der Waals surface area contributed by atoms with Crippen LogP contribution in [0.15, 0.2) is 134 Å². The summed E-state index contributed by atoms with van der Waals surface area (Å²) >= 11 is 0. The van der Waals surface area contributed by atoms with E-state index in [-0.39, 0.29) is 25.5 Å². The topological polar surface area (TPSA) is 38.7 Å². The second-order valence-electron chi connectivity index (χ2n) is 10.5. The summed E-state index contributed by atoms with van der Waals surface area (Å²) in [5.74, 6) is 0. The zero-order chi connectivity index (χ0) is 27.7. The summed E-state index contributed by atoms with van der Waals surface area (Å²) in [4.78, 5) is 15.0. The summed E-state index contributed by atoms with van der Waals surface area (Å²) in [6, 6.07) is 53.2. The molecule has 0 amide bonds. The second kappa shape index (κ2) is 14.1. The van der Waals surface area contributed by atoms with E-state index in [1.807, 2.05) is 60.8 Å². The van der Waals surface area contributed by atoms with Gasteiger partial charge >= 0.3 is 20.1 Å². The van der Waals surface area contributed by atoms with Gasteiger partial charge in [-0.3, -0.25) is 4.98 Å². The van der Waals surface area contributed by atoms with Gasteiger partial charge in [-0.25, -0.2) is 0 Å². The summed E-state index contributed by atoms with van der Waals surface area (Å²) in [5.41, 5.74) is 7.92. The molecule has 0 saturated heterocycles. The Kier molecular flexibility index (Phi) is 9.82. The van der Waals surface area contributed by atoms with Crippen LogP contribution in [0.1, 0.15) is 22.6 Å². The smallest absolute Gasteiger partial charge is 0.301 e. The largest absolute Gasteiger partial charge is 3.00 e. The Morgan fingerprint density at radius 2 is 1.00 bits per heavy atom. The van der Waals surface area contributed by atoms with Gasteiger partial charge in [0.1, 0.15) is 0 Å². The molecule has 0 N–H and O–H groups in total. The van der Waals surface area contributed by atoms with Crippen molar-refractivity contribution >= 4 is 0 Å². The van der Waals surface area contributed by atoms with Gasteiger partial charge in [0.2, 0.25) is 0 Å². The Labute approximate surface area is 262 Å². The molecule has 0 saturated carbocycles. The predicted octanol–water partition coefficient (Wildman–Crippen LogP) is 7.86. The van der Waals surface area contributed by atoms with Gasteiger partial charge in [-0.15, -0.1) is 71.8 Å². The second-order valence-corrected chi connectivity index (χ2v) is 10.5. The molecule has 0 atom stereocenters. The van der Waals surface area contributed by atoms with Crippen LogP contribution >= 0.6 is 0 Å². The van der Waals surface area contributed by atoms with Gasteiger partial charge in [-0.1, -0.05) is 30.3 Å². The third-order valence-corrected chi connectivity index (χ3v) is 7.32. The van der Waals surface area contributed by atoms with Gasteiger partial charge in [0.05, 0.1) is 0 Å². The van der Waals surface area contributed by atoms with Crippen LogP contribution in [-0.2, 0) is 45.8 Å². The number of hydrogen-bond acceptors (Lipinski definition) is 3. The molecule has 3 heterocycles. The standard InChI is InChI=1S/C38H30N3.Ir/c1-4-14-30(15-5-1)26-38(27-33-20-10-11-25-39-33,28-34-21-12-23-36(40-34)31-16-6-2-7-17-31)29-35-22-13-24-37(41-35)32-18-8-3-9-19-32;/h1-14,16,18,20-25H,26-29H2;/q-3;+3. The first-order chi connectivity index (χ1) is 20.2. The molecule has 42 heavy (non-hydrogen) atoms. The van der Waals surface area contributed by atoms with Crippen LogP contribution in [0.4, 0.5) is 0 Å². The van der Waals surface area contributed by atoms with Crippen molar-refractivity contribution in [1.29, 1.82) is 0 Å². The van der Waals surface area contributed by atoms with Crippen molar-refractivity contribution in [2.75, 3.05) is 0 Å². The Balaban J connectivity index is 0.00000353. The minimum atomic E-state index is -0.246. The van der Waals surface area contributed by atoms with E-state index in [1.54, 1.807) is 0 Å². The molecule has 0 unspecified atom stereocenters. The number of benzene rings is 3. The Bertz CT molecular complexity index is 1550. The van der Waals surface area contributed by atoms with E-state index < -0.39 is 0 Å². The minimum absolute atomic E-state index is 0. The molecule has 6 rings (SSSR count). The van der Waals surface area contributed by atoms with Crippen molar-refractivity contribution < 1.29 is 20.1 Å². The molecule has 3 nitrogen and oxygen atoms in total. The number of rotatable bonds is 10. The van der Waals surface area contributed by atoms with Gasteiger partial charge < -0.3 is 9.97 Å². The number of aromatic nitrogens is 3. The molecule has 206 valence electrons. The zero-order valence-electron chi connectivity index (χ0n) is 23.2. The minimum Gasteiger partial charge on any atom is -0.301 e. The van der Waals surface area contributed by atoms with E-state index in [2.05, 4.69) is 91.0 Å². The predicted molar refractivity (Wildman–Crippen MR) is 164 cm³/mol. The van der Waals surface area contributed by atoms with E-state index in [0.29, 0.717) is 0 Å². The molecule has 6 aromatic rings. The van der Waals surface area contributed by atoms with E-state index in [1.165, 1.54) is 5.56 Å². The van der Waals surface area contributed by atoms with Crippen LogP contribution in [0.5, 0.6) is 0 Å². The third kappa shape index (κ3) is 7.53. The monoisotopic (exact) mass is 721 g/mol. The first kappa shape index (κ1) is 29.3. The Hall–Kier alpha value is -4.24. The van der Waals surface area contributed by atoms with E-state index in [4.69, 9.17) is 15.0 Å². The molecule has 0 aliphatic heterocycles. The maximum Gasteiger partial charge on any atom is 3.00 e. The van der Waals surface area contributed by atoms with E-state index >= 15 is 0 Å². The molecule has 0 aliphatic rings. The normalized spacial score (nSPS) is 11.0. The quantitative estimate of drug-likeness (QED) is 0.135. The molecule has 4 heteroatoms. The fourth-order valence-electron chi connectivity index (χ4n) is 5.54. The van der Waals surface area contributed by atoms with Crippen molar-refractivity contribution in [3.8, 4) is 22.5 Å². The summed E-state index contributed by atoms with van der Waals surface area (Å²) < 4.78 is 0. The maximum absolute atomic E-state index is 5.13. The number of pyridine rings is 3.